The van der Waals surface area contributed by atoms with Crippen LogP contribution in [0.4, 0.5) is 0 Å². The number of ether oxygens (including phenoxy) is 8. The summed E-state index contributed by atoms with van der Waals surface area (Å²) in [4.78, 5) is 0. The fourth-order valence-electron chi connectivity index (χ4n) is 8.08. The van der Waals surface area contributed by atoms with E-state index in [2.05, 4.69) is 41.2 Å². The Bertz CT molecular complexity index is 2280. The highest BCUT2D eigenvalue weighted by molar-refractivity contribution is 6.21. The number of aliphatic hydroxyl groups excluding tert-OH is 11. The highest BCUT2D eigenvalue weighted by Crippen LogP contribution is 2.38. The van der Waals surface area contributed by atoms with Gasteiger partial charge in [0, 0.05) is 7.05 Å². The molecule has 4 saturated heterocycles. The molecule has 0 aromatic carbocycles. The van der Waals surface area contributed by atoms with E-state index < -0.39 is 128 Å². The van der Waals surface area contributed by atoms with Crippen LogP contribution in [0, 0.1) is 0 Å². The summed E-state index contributed by atoms with van der Waals surface area (Å²) in [5.74, 6) is -2.65. The van der Waals surface area contributed by atoms with Crippen molar-refractivity contribution in [2.45, 2.75) is 162 Å². The van der Waals surface area contributed by atoms with Crippen molar-refractivity contribution in [3.05, 3.63) is 47.6 Å². The largest absolute Gasteiger partial charge is 0.394 e. The second-order valence-electron chi connectivity index (χ2n) is 17.1. The van der Waals surface area contributed by atoms with Crippen LogP contribution in [-0.4, -0.2) is 244 Å². The molecule has 0 saturated carbocycles. The zero-order valence-corrected chi connectivity index (χ0v) is 38.4. The zero-order chi connectivity index (χ0) is 50.0. The van der Waals surface area contributed by atoms with Crippen LogP contribution in [0.2, 0.25) is 0 Å². The monoisotopic (exact) mass is 1040 g/mol. The molecule has 0 amide bonds. The smallest absolute Gasteiger partial charge is 0.214 e. The molecular formula is C37H54Cl2N12O19. The number of aliphatic hydroxyl groups is 11. The molecule has 0 radical (unpaired) electrons. The van der Waals surface area contributed by atoms with Gasteiger partial charge in [0.05, 0.1) is 88.7 Å². The standard InChI is InChI=1S/C37H54Cl2N12O19/c1-48-2-15(40-44-48)12-64-34-31(60)28(57)25(54)20(66-34)7-50-5-18(43-47-50)13-65-35-32(61)29(58)24(53)19(67-35)6-49-3-16(41-45-49)10-63-11-17-4-51(46-42-17)8-21-26(55)33(62)37(14-38,69-21)70-36-30(59)27(56)23(39)22(9-52)68-36/h2-5,19-36,52-62H,6-14H2,1H3/t19-,20-,21-,22-,23+,24-,25-,26-,27+,28+,29+,30?,31+,32+,33+,34+,35+,36?,37+/m1/s1. The van der Waals surface area contributed by atoms with Gasteiger partial charge in [-0.3, -0.25) is 4.68 Å². The number of halogens is 2. The number of nitrogens with zero attached hydrogens (tertiary/aromatic N) is 12. The van der Waals surface area contributed by atoms with Crippen molar-refractivity contribution >= 4 is 23.2 Å². The summed E-state index contributed by atoms with van der Waals surface area (Å²) in [5, 5.41) is 147. The number of rotatable bonds is 20. The Morgan fingerprint density at radius 3 is 1.46 bits per heavy atom. The number of aromatic nitrogens is 12. The van der Waals surface area contributed by atoms with Gasteiger partial charge in [0.1, 0.15) is 108 Å². The minimum absolute atomic E-state index is 0.0566. The third-order valence-electron chi connectivity index (χ3n) is 11.9. The van der Waals surface area contributed by atoms with Gasteiger partial charge < -0.3 is 94.1 Å². The van der Waals surface area contributed by atoms with E-state index in [0.29, 0.717) is 17.1 Å². The first-order valence-corrected chi connectivity index (χ1v) is 22.7. The molecule has 4 aliphatic heterocycles. The summed E-state index contributed by atoms with van der Waals surface area (Å²) in [6.07, 6.45) is -19.1. The van der Waals surface area contributed by atoms with E-state index in [1.807, 2.05) is 0 Å². The number of hydrogen-bond donors (Lipinski definition) is 11. The molecule has 11 N–H and O–H groups in total. The Morgan fingerprint density at radius 1 is 0.543 bits per heavy atom. The van der Waals surface area contributed by atoms with E-state index in [1.165, 1.54) is 37.3 Å². The van der Waals surface area contributed by atoms with Gasteiger partial charge in [-0.2, -0.15) is 0 Å². The Hall–Kier alpha value is -3.62. The molecule has 2 unspecified atom stereocenters. The molecular weight excluding hydrogens is 987 g/mol. The second-order valence-corrected chi connectivity index (χ2v) is 17.9. The van der Waals surface area contributed by atoms with Crippen LogP contribution in [0.15, 0.2) is 24.8 Å². The SMILES string of the molecule is Cn1cc(CO[C@H]2O[C@H](Cn3cc(CO[C@H]4O[C@H](Cn5cc(COCc6cn(C[C@H]7O[C@@](CCl)(OC8O[C@H](CO)[C@H](Cl)[C@H](O)C8O)[C@@H](O)[C@@H]7O)nn6)nn5)[C@@H](O)[C@H](O)[C@@H]4O)nn3)[C@@H](O)[C@H](O)[C@@H]2O)nn1. The van der Waals surface area contributed by atoms with Crippen LogP contribution in [0.25, 0.3) is 0 Å². The van der Waals surface area contributed by atoms with E-state index in [-0.39, 0.29) is 51.8 Å². The molecule has 8 heterocycles. The Balaban J connectivity index is 0.783. The molecule has 31 nitrogen and oxygen atoms in total. The first kappa shape index (κ1) is 52.7. The fourth-order valence-corrected chi connectivity index (χ4v) is 8.65. The molecule has 4 aromatic rings. The maximum absolute atomic E-state index is 10.9. The number of alkyl halides is 2. The molecule has 0 spiro atoms. The molecule has 4 aliphatic rings. The summed E-state index contributed by atoms with van der Waals surface area (Å²) < 4.78 is 51.1. The highest BCUT2D eigenvalue weighted by atomic mass is 35.5. The van der Waals surface area contributed by atoms with Gasteiger partial charge in [-0.25, -0.2) is 14.0 Å². The molecule has 4 aromatic heterocycles. The molecule has 0 aliphatic carbocycles. The van der Waals surface area contributed by atoms with Crippen molar-refractivity contribution in [2.75, 3.05) is 12.5 Å². The Labute approximate surface area is 405 Å². The van der Waals surface area contributed by atoms with E-state index >= 15 is 0 Å². The van der Waals surface area contributed by atoms with Gasteiger partial charge in [-0.1, -0.05) is 20.9 Å². The van der Waals surface area contributed by atoms with Gasteiger partial charge in [0.25, 0.3) is 0 Å². The third kappa shape index (κ3) is 11.6. The minimum Gasteiger partial charge on any atom is -0.394 e. The van der Waals surface area contributed by atoms with Crippen molar-refractivity contribution in [3.63, 3.8) is 0 Å². The summed E-state index contributed by atoms with van der Waals surface area (Å²) >= 11 is 12.2. The second kappa shape index (κ2) is 22.7. The molecule has 19 atom stereocenters. The summed E-state index contributed by atoms with van der Waals surface area (Å²) in [6, 6.07) is 0. The van der Waals surface area contributed by atoms with Crippen molar-refractivity contribution < 1.29 is 94.1 Å². The van der Waals surface area contributed by atoms with Gasteiger partial charge >= 0.3 is 0 Å². The average Bonchev–Trinajstić information content (AvgIpc) is 4.21. The predicted molar refractivity (Wildman–Crippen MR) is 221 cm³/mol. The lowest BCUT2D eigenvalue weighted by Crippen LogP contribution is -2.61. The zero-order valence-electron chi connectivity index (χ0n) is 36.9. The first-order valence-electron chi connectivity index (χ1n) is 21.7. The lowest BCUT2D eigenvalue weighted by Gasteiger charge is -2.43. The highest BCUT2D eigenvalue weighted by Gasteiger charge is 2.58. The van der Waals surface area contributed by atoms with Crippen LogP contribution in [-0.2, 0) is 91.0 Å². The maximum atomic E-state index is 10.9. The van der Waals surface area contributed by atoms with E-state index in [9.17, 15) is 56.2 Å². The summed E-state index contributed by atoms with van der Waals surface area (Å²) in [5.41, 5.74) is 1.39. The average molecular weight is 1040 g/mol. The van der Waals surface area contributed by atoms with Gasteiger partial charge in [-0.15, -0.1) is 43.6 Å². The molecule has 70 heavy (non-hydrogen) atoms. The fraction of sp³-hybridized carbons (Fsp3) is 0.784. The van der Waals surface area contributed by atoms with Crippen LogP contribution < -0.4 is 0 Å². The quantitative estimate of drug-likeness (QED) is 0.0366. The van der Waals surface area contributed by atoms with Crippen molar-refractivity contribution in [3.8, 4) is 0 Å². The number of aryl methyl sites for hydroxylation is 1. The van der Waals surface area contributed by atoms with Crippen LogP contribution in [0.5, 0.6) is 0 Å². The third-order valence-corrected chi connectivity index (χ3v) is 12.9. The van der Waals surface area contributed by atoms with Crippen LogP contribution in [0.3, 0.4) is 0 Å². The van der Waals surface area contributed by atoms with Crippen LogP contribution in [0.1, 0.15) is 22.8 Å². The molecule has 4 fully saturated rings. The van der Waals surface area contributed by atoms with Gasteiger partial charge in [-0.05, 0) is 0 Å². The van der Waals surface area contributed by atoms with Gasteiger partial charge in [0.15, 0.2) is 18.9 Å². The van der Waals surface area contributed by atoms with Crippen molar-refractivity contribution in [1.82, 2.24) is 60.0 Å². The maximum Gasteiger partial charge on any atom is 0.214 e. The first-order chi connectivity index (χ1) is 33.5. The van der Waals surface area contributed by atoms with E-state index in [1.54, 1.807) is 13.2 Å². The lowest BCUT2D eigenvalue weighted by molar-refractivity contribution is -0.358. The molecule has 8 rings (SSSR count). The summed E-state index contributed by atoms with van der Waals surface area (Å²) in [6.45, 7) is -1.52. The minimum atomic E-state index is -2.11. The van der Waals surface area contributed by atoms with Crippen molar-refractivity contribution in [2.24, 2.45) is 7.05 Å². The Morgan fingerprint density at radius 2 is 0.986 bits per heavy atom. The number of hydrogen-bond acceptors (Lipinski definition) is 27. The predicted octanol–water partition coefficient (Wildman–Crippen LogP) is -7.53. The lowest BCUT2D eigenvalue weighted by atomic mass is 9.99. The topological polar surface area (TPSA) is 419 Å². The van der Waals surface area contributed by atoms with E-state index in [0.717, 1.165) is 0 Å². The molecule has 0 bridgehead atoms. The molecule has 33 heteroatoms. The van der Waals surface area contributed by atoms with E-state index in [4.69, 9.17) is 61.1 Å². The molecule has 390 valence electrons. The normalized spacial score (nSPS) is 38.1. The van der Waals surface area contributed by atoms with Crippen LogP contribution >= 0.6 is 23.2 Å². The summed E-state index contributed by atoms with van der Waals surface area (Å²) in [7, 11) is 1.67. The van der Waals surface area contributed by atoms with Gasteiger partial charge in [0.2, 0.25) is 5.79 Å². The van der Waals surface area contributed by atoms with Crippen molar-refractivity contribution in [1.29, 1.82) is 0 Å². The Kier molecular flexibility index (Phi) is 17.1.